The molecule has 0 rings (SSSR count). The van der Waals surface area contributed by atoms with E-state index in [9.17, 15) is 13.2 Å². The van der Waals surface area contributed by atoms with Gasteiger partial charge in [0.15, 0.2) is 0 Å². The highest BCUT2D eigenvalue weighted by atomic mass is 19.4. The van der Waals surface area contributed by atoms with E-state index >= 15 is 0 Å². The van der Waals surface area contributed by atoms with E-state index in [1.807, 2.05) is 19.1 Å². The van der Waals surface area contributed by atoms with Crippen molar-refractivity contribution in [3.63, 3.8) is 0 Å². The lowest BCUT2D eigenvalue weighted by Crippen LogP contribution is -2.19. The van der Waals surface area contributed by atoms with Crippen molar-refractivity contribution in [2.24, 2.45) is 5.92 Å². The summed E-state index contributed by atoms with van der Waals surface area (Å²) in [5.41, 5.74) is 0. The summed E-state index contributed by atoms with van der Waals surface area (Å²) in [5, 5.41) is 0. The van der Waals surface area contributed by atoms with Crippen LogP contribution in [0.25, 0.3) is 0 Å². The van der Waals surface area contributed by atoms with Crippen molar-refractivity contribution in [3.8, 4) is 0 Å². The maximum Gasteiger partial charge on any atom is 0.391 e. The number of hydrogen-bond acceptors (Lipinski definition) is 0. The number of rotatable bonds is 4. The van der Waals surface area contributed by atoms with E-state index in [2.05, 4.69) is 0 Å². The van der Waals surface area contributed by atoms with Crippen LogP contribution in [-0.4, -0.2) is 6.18 Å². The molecular formula is C9H15F3. The Labute approximate surface area is 71.5 Å². The van der Waals surface area contributed by atoms with Crippen LogP contribution in [0.4, 0.5) is 13.2 Å². The molecule has 0 saturated heterocycles. The van der Waals surface area contributed by atoms with Crippen LogP contribution in [0, 0.1) is 5.92 Å². The first-order valence-corrected chi connectivity index (χ1v) is 4.20. The fraction of sp³-hybridized carbons (Fsp3) is 0.778. The van der Waals surface area contributed by atoms with Crippen molar-refractivity contribution in [1.29, 1.82) is 0 Å². The Morgan fingerprint density at radius 2 is 1.83 bits per heavy atom. The minimum absolute atomic E-state index is 0.194. The first kappa shape index (κ1) is 11.5. The summed E-state index contributed by atoms with van der Waals surface area (Å²) in [5.74, 6) is -1.18. The summed E-state index contributed by atoms with van der Waals surface area (Å²) in [4.78, 5) is 0. The van der Waals surface area contributed by atoms with Crippen molar-refractivity contribution < 1.29 is 13.2 Å². The summed E-state index contributed by atoms with van der Waals surface area (Å²) in [6.07, 6.45) is 1.28. The van der Waals surface area contributed by atoms with Crippen molar-refractivity contribution in [2.45, 2.75) is 39.3 Å². The van der Waals surface area contributed by atoms with E-state index in [0.717, 1.165) is 6.42 Å². The third kappa shape index (κ3) is 5.22. The maximum absolute atomic E-state index is 11.9. The summed E-state index contributed by atoms with van der Waals surface area (Å²) in [7, 11) is 0. The summed E-state index contributed by atoms with van der Waals surface area (Å²) >= 11 is 0. The van der Waals surface area contributed by atoms with Gasteiger partial charge in [-0.3, -0.25) is 0 Å². The van der Waals surface area contributed by atoms with Crippen LogP contribution in [0.3, 0.4) is 0 Å². The lowest BCUT2D eigenvalue weighted by Gasteiger charge is -2.13. The molecule has 0 aliphatic heterocycles. The molecular weight excluding hydrogens is 165 g/mol. The molecule has 0 N–H and O–H groups in total. The van der Waals surface area contributed by atoms with E-state index in [1.54, 1.807) is 0 Å². The summed E-state index contributed by atoms with van der Waals surface area (Å²) in [6.45, 7) is 3.18. The van der Waals surface area contributed by atoms with Gasteiger partial charge in [0.2, 0.25) is 0 Å². The minimum Gasteiger partial charge on any atom is -0.171 e. The zero-order chi connectivity index (χ0) is 9.61. The third-order valence-corrected chi connectivity index (χ3v) is 1.73. The standard InChI is InChI=1S/C9H15F3/c1-3-4-5-6-7-8(2)9(10,11)12/h4-5,8H,3,6-7H2,1-2H3/b5-4-/t8-/m0/s1. The molecule has 0 bridgehead atoms. The molecule has 1 atom stereocenters. The Kier molecular flexibility index (Phi) is 5.02. The molecule has 0 aromatic rings. The van der Waals surface area contributed by atoms with E-state index in [-0.39, 0.29) is 6.42 Å². The molecule has 0 unspecified atom stereocenters. The van der Waals surface area contributed by atoms with Crippen LogP contribution >= 0.6 is 0 Å². The van der Waals surface area contributed by atoms with Gasteiger partial charge in [0.1, 0.15) is 0 Å². The molecule has 0 radical (unpaired) electrons. The molecule has 0 amide bonds. The van der Waals surface area contributed by atoms with Crippen LogP contribution in [0.15, 0.2) is 12.2 Å². The monoisotopic (exact) mass is 180 g/mol. The largest absolute Gasteiger partial charge is 0.391 e. The second kappa shape index (κ2) is 5.22. The molecule has 0 aromatic heterocycles. The zero-order valence-corrected chi connectivity index (χ0v) is 7.49. The van der Waals surface area contributed by atoms with Crippen LogP contribution in [0.1, 0.15) is 33.1 Å². The summed E-state index contributed by atoms with van der Waals surface area (Å²) < 4.78 is 35.8. The van der Waals surface area contributed by atoms with Gasteiger partial charge in [-0.25, -0.2) is 0 Å². The Hall–Kier alpha value is -0.470. The Bertz CT molecular complexity index is 135. The average Bonchev–Trinajstić information content (AvgIpc) is 1.96. The van der Waals surface area contributed by atoms with Crippen LogP contribution < -0.4 is 0 Å². The van der Waals surface area contributed by atoms with E-state index in [0.29, 0.717) is 6.42 Å². The van der Waals surface area contributed by atoms with Crippen molar-refractivity contribution in [3.05, 3.63) is 12.2 Å². The van der Waals surface area contributed by atoms with Gasteiger partial charge < -0.3 is 0 Å². The van der Waals surface area contributed by atoms with E-state index < -0.39 is 12.1 Å². The van der Waals surface area contributed by atoms with E-state index in [1.165, 1.54) is 6.92 Å². The van der Waals surface area contributed by atoms with Gasteiger partial charge >= 0.3 is 6.18 Å². The number of alkyl halides is 3. The normalized spacial score (nSPS) is 15.4. The topological polar surface area (TPSA) is 0 Å². The lowest BCUT2D eigenvalue weighted by molar-refractivity contribution is -0.170. The van der Waals surface area contributed by atoms with Gasteiger partial charge in [-0.2, -0.15) is 13.2 Å². The smallest absolute Gasteiger partial charge is 0.171 e. The fourth-order valence-corrected chi connectivity index (χ4v) is 0.794. The second-order valence-corrected chi connectivity index (χ2v) is 2.90. The van der Waals surface area contributed by atoms with Gasteiger partial charge in [0.25, 0.3) is 0 Å². The number of hydrogen-bond donors (Lipinski definition) is 0. The number of halogens is 3. The second-order valence-electron chi connectivity index (χ2n) is 2.90. The first-order valence-electron chi connectivity index (χ1n) is 4.20. The fourth-order valence-electron chi connectivity index (χ4n) is 0.794. The van der Waals surface area contributed by atoms with Gasteiger partial charge in [-0.05, 0) is 19.3 Å². The SMILES string of the molecule is CC/C=C\CC[C@H](C)C(F)(F)F. The Morgan fingerprint density at radius 1 is 1.25 bits per heavy atom. The molecule has 0 aliphatic rings. The summed E-state index contributed by atoms with van der Waals surface area (Å²) in [6, 6.07) is 0. The molecule has 72 valence electrons. The van der Waals surface area contributed by atoms with Crippen LogP contribution in [-0.2, 0) is 0 Å². The molecule has 12 heavy (non-hydrogen) atoms. The molecule has 0 fully saturated rings. The molecule has 0 saturated carbocycles. The molecule has 0 aromatic carbocycles. The first-order chi connectivity index (χ1) is 5.48. The van der Waals surface area contributed by atoms with Crippen molar-refractivity contribution in [2.75, 3.05) is 0 Å². The molecule has 3 heteroatoms. The highest BCUT2D eigenvalue weighted by Crippen LogP contribution is 2.29. The quantitative estimate of drug-likeness (QED) is 0.575. The van der Waals surface area contributed by atoms with Gasteiger partial charge in [-0.1, -0.05) is 26.0 Å². The molecule has 0 heterocycles. The van der Waals surface area contributed by atoms with Gasteiger partial charge in [0.05, 0.1) is 5.92 Å². The van der Waals surface area contributed by atoms with Crippen LogP contribution in [0.2, 0.25) is 0 Å². The zero-order valence-electron chi connectivity index (χ0n) is 7.49. The molecule has 0 spiro atoms. The average molecular weight is 180 g/mol. The molecule has 0 aliphatic carbocycles. The predicted octanol–water partition coefficient (Wildman–Crippen LogP) is 3.93. The van der Waals surface area contributed by atoms with Crippen LogP contribution in [0.5, 0.6) is 0 Å². The van der Waals surface area contributed by atoms with Crippen molar-refractivity contribution >= 4 is 0 Å². The highest BCUT2D eigenvalue weighted by molar-refractivity contribution is 4.81. The van der Waals surface area contributed by atoms with Crippen molar-refractivity contribution in [1.82, 2.24) is 0 Å². The lowest BCUT2D eigenvalue weighted by atomic mass is 10.1. The minimum atomic E-state index is -4.03. The van der Waals surface area contributed by atoms with Gasteiger partial charge in [0, 0.05) is 0 Å². The number of allylic oxidation sites excluding steroid dienone is 2. The Balaban J connectivity index is 3.58. The Morgan fingerprint density at radius 3 is 2.25 bits per heavy atom. The molecule has 0 nitrogen and oxygen atoms in total. The maximum atomic E-state index is 11.9. The van der Waals surface area contributed by atoms with E-state index in [4.69, 9.17) is 0 Å². The van der Waals surface area contributed by atoms with Gasteiger partial charge in [-0.15, -0.1) is 0 Å². The highest BCUT2D eigenvalue weighted by Gasteiger charge is 2.34. The predicted molar refractivity (Wildman–Crippen MR) is 43.9 cm³/mol. The third-order valence-electron chi connectivity index (χ3n) is 1.73.